The van der Waals surface area contributed by atoms with E-state index in [0.29, 0.717) is 25.0 Å². The first kappa shape index (κ1) is 16.0. The minimum atomic E-state index is -2.97. The molecule has 6 nitrogen and oxygen atoms in total. The van der Waals surface area contributed by atoms with Crippen LogP contribution in [-0.4, -0.2) is 45.5 Å². The summed E-state index contributed by atoms with van der Waals surface area (Å²) in [5.74, 6) is 0.677. The van der Waals surface area contributed by atoms with Crippen LogP contribution in [0.2, 0.25) is 0 Å². The summed E-state index contributed by atoms with van der Waals surface area (Å²) in [7, 11) is -1.20. The molecule has 0 saturated carbocycles. The van der Waals surface area contributed by atoms with Crippen LogP contribution in [0.25, 0.3) is 0 Å². The summed E-state index contributed by atoms with van der Waals surface area (Å²) in [6, 6.07) is 0.449. The number of nitrogens with one attached hydrogen (secondary N) is 1. The van der Waals surface area contributed by atoms with Crippen molar-refractivity contribution in [1.82, 2.24) is 10.3 Å². The highest BCUT2D eigenvalue weighted by atomic mass is 32.2. The smallest absolute Gasteiger partial charge is 0.297 e. The number of oxazole rings is 1. The van der Waals surface area contributed by atoms with Crippen LogP contribution in [0.3, 0.4) is 0 Å². The Kier molecular flexibility index (Phi) is 5.81. The lowest BCUT2D eigenvalue weighted by Gasteiger charge is -2.12. The lowest BCUT2D eigenvalue weighted by Crippen LogP contribution is -2.25. The lowest BCUT2D eigenvalue weighted by atomic mass is 10.2. The molecule has 1 aromatic rings. The van der Waals surface area contributed by atoms with Crippen LogP contribution in [0, 0.1) is 5.92 Å². The fraction of sp³-hybridized carbons (Fsp3) is 0.750. The Morgan fingerprint density at radius 3 is 2.74 bits per heavy atom. The average Bonchev–Trinajstić information content (AvgIpc) is 2.73. The van der Waals surface area contributed by atoms with Gasteiger partial charge in [-0.25, -0.2) is 8.42 Å². The zero-order valence-electron chi connectivity index (χ0n) is 12.0. The molecule has 0 saturated heterocycles. The summed E-state index contributed by atoms with van der Waals surface area (Å²) >= 11 is 0. The molecule has 1 aromatic heterocycles. The molecule has 0 amide bonds. The third kappa shape index (κ3) is 6.58. The van der Waals surface area contributed by atoms with Crippen molar-refractivity contribution >= 4 is 15.9 Å². The number of hydrogen-bond acceptors (Lipinski definition) is 6. The third-order valence-electron chi connectivity index (χ3n) is 2.52. The molecule has 110 valence electrons. The predicted octanol–water partition coefficient (Wildman–Crippen LogP) is 0.901. The largest absolute Gasteiger partial charge is 0.432 e. The van der Waals surface area contributed by atoms with Crippen LogP contribution in [0.15, 0.2) is 10.7 Å². The Morgan fingerprint density at radius 1 is 1.47 bits per heavy atom. The van der Waals surface area contributed by atoms with E-state index in [1.54, 1.807) is 18.2 Å². The van der Waals surface area contributed by atoms with Crippen molar-refractivity contribution in [2.45, 2.75) is 20.4 Å². The Labute approximate surface area is 115 Å². The van der Waals surface area contributed by atoms with E-state index in [4.69, 9.17) is 4.42 Å². The molecule has 0 unspecified atom stereocenters. The summed E-state index contributed by atoms with van der Waals surface area (Å²) in [4.78, 5) is 6.01. The van der Waals surface area contributed by atoms with Gasteiger partial charge < -0.3 is 14.6 Å². The molecular formula is C12H23N3O3S. The van der Waals surface area contributed by atoms with Crippen molar-refractivity contribution in [3.05, 3.63) is 12.0 Å². The lowest BCUT2D eigenvalue weighted by molar-refractivity contribution is 0.536. The van der Waals surface area contributed by atoms with Gasteiger partial charge in [-0.05, 0) is 12.5 Å². The molecule has 0 aliphatic heterocycles. The second kappa shape index (κ2) is 6.91. The van der Waals surface area contributed by atoms with E-state index in [1.165, 1.54) is 6.26 Å². The number of sulfone groups is 1. The molecule has 19 heavy (non-hydrogen) atoms. The molecule has 0 aromatic carbocycles. The molecule has 1 N–H and O–H groups in total. The van der Waals surface area contributed by atoms with E-state index in [0.717, 1.165) is 12.2 Å². The minimum absolute atomic E-state index is 0.0901. The molecule has 1 rings (SSSR count). The summed E-state index contributed by atoms with van der Waals surface area (Å²) in [6.45, 7) is 6.23. The third-order valence-corrected chi connectivity index (χ3v) is 3.45. The average molecular weight is 289 g/mol. The number of nitrogens with zero attached hydrogens (tertiary/aromatic N) is 2. The van der Waals surface area contributed by atoms with E-state index in [-0.39, 0.29) is 5.75 Å². The number of aromatic nitrogens is 1. The van der Waals surface area contributed by atoms with Crippen LogP contribution < -0.4 is 10.2 Å². The van der Waals surface area contributed by atoms with Gasteiger partial charge in [-0.3, -0.25) is 0 Å². The van der Waals surface area contributed by atoms with Gasteiger partial charge in [0.2, 0.25) is 0 Å². The zero-order chi connectivity index (χ0) is 14.5. The number of hydrogen-bond donors (Lipinski definition) is 1. The molecule has 0 aliphatic rings. The summed E-state index contributed by atoms with van der Waals surface area (Å²) < 4.78 is 27.5. The van der Waals surface area contributed by atoms with E-state index in [9.17, 15) is 8.42 Å². The first-order valence-corrected chi connectivity index (χ1v) is 8.38. The van der Waals surface area contributed by atoms with Crippen LogP contribution in [0.4, 0.5) is 6.01 Å². The maximum atomic E-state index is 11.1. The molecule has 0 spiro atoms. The summed E-state index contributed by atoms with van der Waals surface area (Å²) in [6.07, 6.45) is 2.82. The van der Waals surface area contributed by atoms with Gasteiger partial charge in [0.1, 0.15) is 16.1 Å². The molecule has 0 aliphatic carbocycles. The quantitative estimate of drug-likeness (QED) is 0.766. The highest BCUT2D eigenvalue weighted by Gasteiger charge is 2.11. The van der Waals surface area contributed by atoms with Gasteiger partial charge in [-0.2, -0.15) is 4.98 Å². The van der Waals surface area contributed by atoms with Gasteiger partial charge in [-0.1, -0.05) is 13.8 Å². The van der Waals surface area contributed by atoms with Crippen molar-refractivity contribution in [3.8, 4) is 0 Å². The molecule has 0 bridgehead atoms. The first-order chi connectivity index (χ1) is 8.78. The molecule has 0 atom stereocenters. The van der Waals surface area contributed by atoms with E-state index >= 15 is 0 Å². The van der Waals surface area contributed by atoms with Gasteiger partial charge >= 0.3 is 0 Å². The minimum Gasteiger partial charge on any atom is -0.432 e. The Morgan fingerprint density at radius 2 is 2.16 bits per heavy atom. The van der Waals surface area contributed by atoms with E-state index < -0.39 is 9.84 Å². The second-order valence-corrected chi connectivity index (χ2v) is 7.46. The van der Waals surface area contributed by atoms with Crippen LogP contribution in [0.5, 0.6) is 0 Å². The summed E-state index contributed by atoms with van der Waals surface area (Å²) in [5, 5.41) is 3.27. The van der Waals surface area contributed by atoms with Gasteiger partial charge in [0, 0.05) is 26.4 Å². The summed E-state index contributed by atoms with van der Waals surface area (Å²) in [5.41, 5.74) is 0.821. The highest BCUT2D eigenvalue weighted by Crippen LogP contribution is 2.11. The zero-order valence-corrected chi connectivity index (χ0v) is 12.8. The monoisotopic (exact) mass is 289 g/mol. The topological polar surface area (TPSA) is 75.4 Å². The first-order valence-electron chi connectivity index (χ1n) is 6.32. The van der Waals surface area contributed by atoms with Crippen LogP contribution in [-0.2, 0) is 16.4 Å². The molecule has 7 heteroatoms. The Balaban J connectivity index is 2.45. The SMILES string of the molecule is CC(C)CNCc1coc(N(C)CCS(C)(=O)=O)n1. The predicted molar refractivity (Wildman–Crippen MR) is 76.0 cm³/mol. The van der Waals surface area contributed by atoms with Gasteiger partial charge in [0.15, 0.2) is 0 Å². The molecule has 1 heterocycles. The number of anilines is 1. The fourth-order valence-electron chi connectivity index (χ4n) is 1.44. The molecular weight excluding hydrogens is 266 g/mol. The maximum Gasteiger partial charge on any atom is 0.297 e. The van der Waals surface area contributed by atoms with Crippen molar-refractivity contribution in [2.24, 2.45) is 5.92 Å². The van der Waals surface area contributed by atoms with Gasteiger partial charge in [0.25, 0.3) is 6.01 Å². The Bertz CT molecular complexity index is 482. The maximum absolute atomic E-state index is 11.1. The van der Waals surface area contributed by atoms with Crippen LogP contribution in [0.1, 0.15) is 19.5 Å². The molecule has 0 fully saturated rings. The highest BCUT2D eigenvalue weighted by molar-refractivity contribution is 7.90. The van der Waals surface area contributed by atoms with Crippen LogP contribution >= 0.6 is 0 Å². The number of rotatable bonds is 8. The van der Waals surface area contributed by atoms with E-state index in [2.05, 4.69) is 24.1 Å². The van der Waals surface area contributed by atoms with Crippen molar-refractivity contribution in [1.29, 1.82) is 0 Å². The Hall–Kier alpha value is -1.08. The van der Waals surface area contributed by atoms with Crippen molar-refractivity contribution in [3.63, 3.8) is 0 Å². The standard InChI is InChI=1S/C12H23N3O3S/c1-10(2)7-13-8-11-9-18-12(14-11)15(3)5-6-19(4,16)17/h9-10,13H,5-8H2,1-4H3. The van der Waals surface area contributed by atoms with Crippen molar-refractivity contribution < 1.29 is 12.8 Å². The van der Waals surface area contributed by atoms with Gasteiger partial charge in [-0.15, -0.1) is 0 Å². The normalized spacial score (nSPS) is 12.1. The second-order valence-electron chi connectivity index (χ2n) is 5.20. The fourth-order valence-corrected chi connectivity index (χ4v) is 2.05. The van der Waals surface area contributed by atoms with E-state index in [1.807, 2.05) is 0 Å². The van der Waals surface area contributed by atoms with Crippen molar-refractivity contribution in [2.75, 3.05) is 37.0 Å². The molecule has 0 radical (unpaired) electrons. The van der Waals surface area contributed by atoms with Gasteiger partial charge in [0.05, 0.1) is 11.4 Å².